The highest BCUT2D eigenvalue weighted by atomic mass is 35.5. The molecule has 1 saturated heterocycles. The van der Waals surface area contributed by atoms with Gasteiger partial charge >= 0.3 is 0 Å². The third kappa shape index (κ3) is 4.86. The fraction of sp³-hybridized carbons (Fsp3) is 0.474. The second-order valence-electron chi connectivity index (χ2n) is 6.63. The van der Waals surface area contributed by atoms with E-state index >= 15 is 0 Å². The first-order valence-electron chi connectivity index (χ1n) is 8.63. The van der Waals surface area contributed by atoms with E-state index in [1.165, 1.54) is 4.88 Å². The second kappa shape index (κ2) is 9.24. The summed E-state index contributed by atoms with van der Waals surface area (Å²) >= 11 is 9.26. The van der Waals surface area contributed by atoms with E-state index in [2.05, 4.69) is 6.07 Å². The van der Waals surface area contributed by atoms with Gasteiger partial charge in [-0.1, -0.05) is 23.7 Å². The Morgan fingerprint density at radius 2 is 1.89 bits per heavy atom. The number of hydrogen-bond donors (Lipinski definition) is 4. The molecule has 0 bridgehead atoms. The largest absolute Gasteiger partial charge is 0.395 e. The molecule has 1 aliphatic rings. The average molecular weight is 431 g/mol. The van der Waals surface area contributed by atoms with E-state index in [0.717, 1.165) is 34.9 Å². The minimum atomic E-state index is -1.36. The molecule has 0 aliphatic carbocycles. The summed E-state index contributed by atoms with van der Waals surface area (Å²) in [5, 5.41) is 41.4. The van der Waals surface area contributed by atoms with Gasteiger partial charge in [0.15, 0.2) is 0 Å². The Balaban J connectivity index is 1.68. The number of aliphatic hydroxyl groups is 4. The van der Waals surface area contributed by atoms with Crippen molar-refractivity contribution in [2.45, 2.75) is 48.9 Å². The van der Waals surface area contributed by atoms with Crippen LogP contribution in [0.4, 0.5) is 0 Å². The Morgan fingerprint density at radius 3 is 2.56 bits per heavy atom. The van der Waals surface area contributed by atoms with Crippen LogP contribution in [0.3, 0.4) is 0 Å². The first-order valence-corrected chi connectivity index (χ1v) is 10.8. The minimum absolute atomic E-state index is 0.209. The van der Waals surface area contributed by atoms with E-state index in [1.807, 2.05) is 30.5 Å². The third-order valence-corrected chi connectivity index (χ3v) is 7.39. The highest BCUT2D eigenvalue weighted by Gasteiger charge is 2.43. The van der Waals surface area contributed by atoms with E-state index in [4.69, 9.17) is 16.3 Å². The summed E-state index contributed by atoms with van der Waals surface area (Å²) in [5.41, 5.74) is 2.22. The number of rotatable bonds is 6. The van der Waals surface area contributed by atoms with Crippen LogP contribution in [-0.4, -0.2) is 56.0 Å². The van der Waals surface area contributed by atoms with Crippen molar-refractivity contribution in [2.75, 3.05) is 6.61 Å². The summed E-state index contributed by atoms with van der Waals surface area (Å²) in [7, 11) is 0. The summed E-state index contributed by atoms with van der Waals surface area (Å²) in [6.45, 7) is 1.88. The molecule has 0 radical (unpaired) electrons. The normalized spacial score (nSPS) is 28.4. The lowest BCUT2D eigenvalue weighted by Crippen LogP contribution is -2.54. The lowest BCUT2D eigenvalue weighted by Gasteiger charge is -2.39. The van der Waals surface area contributed by atoms with Crippen LogP contribution in [0.2, 0.25) is 5.02 Å². The maximum atomic E-state index is 10.1. The van der Waals surface area contributed by atoms with Gasteiger partial charge in [0.05, 0.1) is 24.6 Å². The molecule has 27 heavy (non-hydrogen) atoms. The van der Waals surface area contributed by atoms with E-state index in [-0.39, 0.29) is 13.2 Å². The van der Waals surface area contributed by atoms with Gasteiger partial charge in [-0.3, -0.25) is 0 Å². The summed E-state index contributed by atoms with van der Waals surface area (Å²) in [6.07, 6.45) is -3.01. The number of benzene rings is 1. The van der Waals surface area contributed by atoms with Gasteiger partial charge < -0.3 is 25.2 Å². The number of aliphatic hydroxyl groups excluding tert-OH is 4. The van der Waals surface area contributed by atoms with Crippen LogP contribution in [0.15, 0.2) is 29.6 Å². The van der Waals surface area contributed by atoms with Crippen LogP contribution in [-0.2, 0) is 17.8 Å². The molecule has 4 N–H and O–H groups in total. The monoisotopic (exact) mass is 430 g/mol. The van der Waals surface area contributed by atoms with Crippen LogP contribution in [0, 0.1) is 6.92 Å². The minimum Gasteiger partial charge on any atom is -0.395 e. The lowest BCUT2D eigenvalue weighted by atomic mass is 10.0. The van der Waals surface area contributed by atoms with E-state index in [0.29, 0.717) is 5.02 Å². The second-order valence-corrected chi connectivity index (χ2v) is 9.42. The fourth-order valence-corrected chi connectivity index (χ4v) is 5.25. The summed E-state index contributed by atoms with van der Waals surface area (Å²) in [6, 6.07) is 8.00. The molecule has 0 spiro atoms. The molecule has 2 heterocycles. The molecule has 5 atom stereocenters. The predicted octanol–water partition coefficient (Wildman–Crippen LogP) is 2.33. The van der Waals surface area contributed by atoms with Gasteiger partial charge in [0.2, 0.25) is 0 Å². The number of ether oxygens (including phenoxy) is 1. The van der Waals surface area contributed by atoms with E-state index < -0.39 is 29.0 Å². The van der Waals surface area contributed by atoms with Crippen molar-refractivity contribution in [3.05, 3.63) is 56.2 Å². The zero-order chi connectivity index (χ0) is 19.6. The van der Waals surface area contributed by atoms with Crippen molar-refractivity contribution < 1.29 is 25.2 Å². The molecule has 1 fully saturated rings. The SMILES string of the molecule is Cc1cc(Cc2cccs2)c(Cl)cc1CO[C@H]1SC(CO)[C@@H](O)C(O)[C@H]1O. The Morgan fingerprint density at radius 1 is 1.11 bits per heavy atom. The molecule has 8 heteroatoms. The molecule has 2 aromatic rings. The highest BCUT2D eigenvalue weighted by Crippen LogP contribution is 2.34. The van der Waals surface area contributed by atoms with Crippen molar-refractivity contribution in [1.82, 2.24) is 0 Å². The molecule has 1 aromatic heterocycles. The Kier molecular flexibility index (Phi) is 7.21. The van der Waals surface area contributed by atoms with Crippen molar-refractivity contribution in [3.63, 3.8) is 0 Å². The highest BCUT2D eigenvalue weighted by molar-refractivity contribution is 8.00. The van der Waals surface area contributed by atoms with Crippen LogP contribution < -0.4 is 0 Å². The van der Waals surface area contributed by atoms with Crippen molar-refractivity contribution in [3.8, 4) is 0 Å². The molecule has 0 saturated carbocycles. The zero-order valence-electron chi connectivity index (χ0n) is 14.8. The number of halogens is 1. The maximum Gasteiger partial charge on any atom is 0.132 e. The quantitative estimate of drug-likeness (QED) is 0.562. The van der Waals surface area contributed by atoms with Gasteiger partial charge in [0, 0.05) is 16.3 Å². The van der Waals surface area contributed by atoms with E-state index in [1.54, 1.807) is 11.3 Å². The Bertz CT molecular complexity index is 753. The summed E-state index contributed by atoms with van der Waals surface area (Å²) < 4.78 is 5.79. The summed E-state index contributed by atoms with van der Waals surface area (Å²) in [4.78, 5) is 1.24. The Hall–Kier alpha value is -0.640. The van der Waals surface area contributed by atoms with Gasteiger partial charge in [-0.2, -0.15) is 0 Å². The molecule has 0 amide bonds. The molecule has 2 unspecified atom stereocenters. The number of aryl methyl sites for hydroxylation is 1. The number of hydrogen-bond acceptors (Lipinski definition) is 7. The van der Waals surface area contributed by atoms with Crippen molar-refractivity contribution in [2.24, 2.45) is 0 Å². The smallest absolute Gasteiger partial charge is 0.132 e. The van der Waals surface area contributed by atoms with E-state index in [9.17, 15) is 20.4 Å². The summed E-state index contributed by atoms with van der Waals surface area (Å²) in [5.74, 6) is 0. The van der Waals surface area contributed by atoms with Crippen LogP contribution in [0.25, 0.3) is 0 Å². The van der Waals surface area contributed by atoms with Crippen molar-refractivity contribution in [1.29, 1.82) is 0 Å². The molecule has 148 valence electrons. The fourth-order valence-electron chi connectivity index (χ4n) is 3.05. The van der Waals surface area contributed by atoms with Crippen LogP contribution in [0.1, 0.15) is 21.6 Å². The van der Waals surface area contributed by atoms with Gasteiger partial charge in [0.25, 0.3) is 0 Å². The topological polar surface area (TPSA) is 90.2 Å². The Labute approximate surface area is 171 Å². The standard InChI is InChI=1S/C19H23ClO5S2/c1-10-5-11(6-13-3-2-4-26-13)14(20)7-12(10)9-25-19-18(24)17(23)16(22)15(8-21)27-19/h2-5,7,15-19,21-24H,6,8-9H2,1H3/t15?,16-,17?,18-,19+/m1/s1. The zero-order valence-corrected chi connectivity index (χ0v) is 17.2. The van der Waals surface area contributed by atoms with Gasteiger partial charge in [-0.15, -0.1) is 23.1 Å². The first kappa shape index (κ1) is 21.1. The lowest BCUT2D eigenvalue weighted by molar-refractivity contribution is -0.112. The average Bonchev–Trinajstić information content (AvgIpc) is 3.16. The molecule has 5 nitrogen and oxygen atoms in total. The molecule has 1 aliphatic heterocycles. The van der Waals surface area contributed by atoms with Gasteiger partial charge in [0.1, 0.15) is 17.6 Å². The molecular weight excluding hydrogens is 408 g/mol. The number of thiophene rings is 1. The third-order valence-electron chi connectivity index (χ3n) is 4.70. The molecule has 3 rings (SSSR count). The van der Waals surface area contributed by atoms with Crippen LogP contribution in [0.5, 0.6) is 0 Å². The van der Waals surface area contributed by atoms with Gasteiger partial charge in [-0.05, 0) is 41.1 Å². The molecule has 1 aromatic carbocycles. The van der Waals surface area contributed by atoms with Gasteiger partial charge in [-0.25, -0.2) is 0 Å². The van der Waals surface area contributed by atoms with Crippen LogP contribution >= 0.6 is 34.7 Å². The van der Waals surface area contributed by atoms with Crippen molar-refractivity contribution >= 4 is 34.7 Å². The maximum absolute atomic E-state index is 10.1. The first-order chi connectivity index (χ1) is 12.9. The number of thioether (sulfide) groups is 1. The molecular formula is C19H23ClO5S2. The predicted molar refractivity (Wildman–Crippen MR) is 108 cm³/mol.